The predicted molar refractivity (Wildman–Crippen MR) is 77.4 cm³/mol. The highest BCUT2D eigenvalue weighted by Gasteiger charge is 2.16. The second kappa shape index (κ2) is 7.96. The number of nitrogens with one attached hydrogen (secondary N) is 1. The smallest absolute Gasteiger partial charge is 0.221 e. The fourth-order valence-electron chi connectivity index (χ4n) is 1.71. The maximum Gasteiger partial charge on any atom is 0.221 e. The quantitative estimate of drug-likeness (QED) is 0.768. The Morgan fingerprint density at radius 2 is 1.95 bits per heavy atom. The van der Waals surface area contributed by atoms with E-state index in [1.165, 1.54) is 4.31 Å². The van der Waals surface area contributed by atoms with Gasteiger partial charge in [0.1, 0.15) is 0 Å². The van der Waals surface area contributed by atoms with Crippen LogP contribution in [-0.2, 0) is 21.4 Å². The van der Waals surface area contributed by atoms with Crippen molar-refractivity contribution in [2.24, 2.45) is 0 Å². The van der Waals surface area contributed by atoms with Gasteiger partial charge in [0.25, 0.3) is 0 Å². The number of pyridine rings is 1. The molecule has 0 saturated heterocycles. The molecular formula is C13H21N3O3S. The minimum absolute atomic E-state index is 0.161. The lowest BCUT2D eigenvalue weighted by atomic mass is 10.2. The molecule has 0 spiro atoms. The standard InChI is InChI=1S/C13H21N3O3S/c1-3-9-16(20(2,18)19)10-6-13(17)15-11-12-4-7-14-8-5-12/h4-5,7-8H,3,6,9-11H2,1-2H3,(H,15,17). The van der Waals surface area contributed by atoms with Crippen molar-refractivity contribution in [3.8, 4) is 0 Å². The van der Waals surface area contributed by atoms with Crippen molar-refractivity contribution < 1.29 is 13.2 Å². The molecule has 0 aliphatic heterocycles. The topological polar surface area (TPSA) is 79.4 Å². The summed E-state index contributed by atoms with van der Waals surface area (Å²) in [7, 11) is -3.24. The maximum atomic E-state index is 11.7. The molecule has 1 aromatic heterocycles. The molecule has 0 atom stereocenters. The van der Waals surface area contributed by atoms with Gasteiger partial charge in [-0.2, -0.15) is 0 Å². The van der Waals surface area contributed by atoms with Gasteiger partial charge in [-0.05, 0) is 24.1 Å². The molecule has 0 radical (unpaired) electrons. The molecule has 0 unspecified atom stereocenters. The number of hydrogen-bond acceptors (Lipinski definition) is 4. The van der Waals surface area contributed by atoms with Crippen LogP contribution in [-0.4, -0.2) is 43.0 Å². The van der Waals surface area contributed by atoms with E-state index >= 15 is 0 Å². The summed E-state index contributed by atoms with van der Waals surface area (Å²) < 4.78 is 24.3. The molecule has 0 saturated carbocycles. The van der Waals surface area contributed by atoms with Gasteiger partial charge in [0.2, 0.25) is 15.9 Å². The Labute approximate surface area is 120 Å². The van der Waals surface area contributed by atoms with Crippen LogP contribution in [0.5, 0.6) is 0 Å². The summed E-state index contributed by atoms with van der Waals surface area (Å²) in [6, 6.07) is 3.64. The average molecular weight is 299 g/mol. The van der Waals surface area contributed by atoms with Crippen molar-refractivity contribution >= 4 is 15.9 Å². The van der Waals surface area contributed by atoms with Crippen molar-refractivity contribution in [3.05, 3.63) is 30.1 Å². The minimum Gasteiger partial charge on any atom is -0.352 e. The minimum atomic E-state index is -3.24. The molecule has 6 nitrogen and oxygen atoms in total. The average Bonchev–Trinajstić information content (AvgIpc) is 2.41. The number of carbonyl (C=O) groups excluding carboxylic acids is 1. The predicted octanol–water partition coefficient (Wildman–Crippen LogP) is 0.759. The van der Waals surface area contributed by atoms with Crippen LogP contribution in [0.3, 0.4) is 0 Å². The first kappa shape index (κ1) is 16.6. The number of carbonyl (C=O) groups is 1. The van der Waals surface area contributed by atoms with Gasteiger partial charge in [0.05, 0.1) is 6.26 Å². The van der Waals surface area contributed by atoms with Gasteiger partial charge < -0.3 is 5.32 Å². The lowest BCUT2D eigenvalue weighted by molar-refractivity contribution is -0.121. The molecular weight excluding hydrogens is 278 g/mol. The van der Waals surface area contributed by atoms with Crippen LogP contribution in [0.25, 0.3) is 0 Å². The van der Waals surface area contributed by atoms with E-state index in [1.54, 1.807) is 12.4 Å². The van der Waals surface area contributed by atoms with Gasteiger partial charge >= 0.3 is 0 Å². The Balaban J connectivity index is 2.38. The summed E-state index contributed by atoms with van der Waals surface area (Å²) >= 11 is 0. The third-order valence-corrected chi connectivity index (χ3v) is 4.07. The SMILES string of the molecule is CCCN(CCC(=O)NCc1ccncc1)S(C)(=O)=O. The molecule has 112 valence electrons. The third kappa shape index (κ3) is 6.12. The van der Waals surface area contributed by atoms with Crippen molar-refractivity contribution in [3.63, 3.8) is 0 Å². The van der Waals surface area contributed by atoms with E-state index in [2.05, 4.69) is 10.3 Å². The molecule has 0 aliphatic rings. The summed E-state index contributed by atoms with van der Waals surface area (Å²) in [5.41, 5.74) is 0.960. The first-order valence-corrected chi connectivity index (χ1v) is 8.39. The largest absolute Gasteiger partial charge is 0.352 e. The van der Waals surface area contributed by atoms with Gasteiger partial charge in [-0.3, -0.25) is 9.78 Å². The fourth-order valence-corrected chi connectivity index (χ4v) is 2.65. The maximum absolute atomic E-state index is 11.7. The molecule has 0 aliphatic carbocycles. The van der Waals surface area contributed by atoms with Crippen LogP contribution >= 0.6 is 0 Å². The molecule has 7 heteroatoms. The van der Waals surface area contributed by atoms with E-state index in [-0.39, 0.29) is 18.9 Å². The summed E-state index contributed by atoms with van der Waals surface area (Å²) in [4.78, 5) is 15.6. The number of sulfonamides is 1. The molecule has 20 heavy (non-hydrogen) atoms. The molecule has 1 amide bonds. The van der Waals surface area contributed by atoms with Gasteiger partial charge in [0, 0.05) is 38.4 Å². The second-order valence-corrected chi connectivity index (χ2v) is 6.53. The zero-order chi connectivity index (χ0) is 15.0. The van der Waals surface area contributed by atoms with E-state index in [1.807, 2.05) is 19.1 Å². The fraction of sp³-hybridized carbons (Fsp3) is 0.538. The highest BCUT2D eigenvalue weighted by molar-refractivity contribution is 7.88. The molecule has 1 N–H and O–H groups in total. The van der Waals surface area contributed by atoms with Crippen LogP contribution in [0.2, 0.25) is 0 Å². The van der Waals surface area contributed by atoms with Crippen LogP contribution < -0.4 is 5.32 Å². The number of rotatable bonds is 8. The van der Waals surface area contributed by atoms with Crippen molar-refractivity contribution in [2.75, 3.05) is 19.3 Å². The van der Waals surface area contributed by atoms with Gasteiger partial charge in [-0.25, -0.2) is 12.7 Å². The van der Waals surface area contributed by atoms with Gasteiger partial charge in [-0.1, -0.05) is 6.92 Å². The number of aromatic nitrogens is 1. The van der Waals surface area contributed by atoms with Crippen molar-refractivity contribution in [1.82, 2.24) is 14.6 Å². The lowest BCUT2D eigenvalue weighted by Gasteiger charge is -2.18. The molecule has 1 aromatic rings. The summed E-state index contributed by atoms with van der Waals surface area (Å²) in [5.74, 6) is -0.161. The second-order valence-electron chi connectivity index (χ2n) is 4.54. The number of hydrogen-bond donors (Lipinski definition) is 1. The Morgan fingerprint density at radius 3 is 2.50 bits per heavy atom. The van der Waals surface area contributed by atoms with Crippen LogP contribution in [0.15, 0.2) is 24.5 Å². The van der Waals surface area contributed by atoms with Gasteiger partial charge in [0.15, 0.2) is 0 Å². The molecule has 0 fully saturated rings. The number of amides is 1. The van der Waals surface area contributed by atoms with Crippen molar-refractivity contribution in [1.29, 1.82) is 0 Å². The number of nitrogens with zero attached hydrogens (tertiary/aromatic N) is 2. The molecule has 1 heterocycles. The zero-order valence-electron chi connectivity index (χ0n) is 11.9. The summed E-state index contributed by atoms with van der Waals surface area (Å²) in [6.07, 6.45) is 5.38. The van der Waals surface area contributed by atoms with Crippen LogP contribution in [0, 0.1) is 0 Å². The van der Waals surface area contributed by atoms with E-state index < -0.39 is 10.0 Å². The Kier molecular flexibility index (Phi) is 6.60. The highest BCUT2D eigenvalue weighted by atomic mass is 32.2. The Hall–Kier alpha value is -1.47. The molecule has 1 rings (SSSR count). The monoisotopic (exact) mass is 299 g/mol. The van der Waals surface area contributed by atoms with E-state index in [4.69, 9.17) is 0 Å². The first-order chi connectivity index (χ1) is 9.43. The Morgan fingerprint density at radius 1 is 1.30 bits per heavy atom. The van der Waals surface area contributed by atoms with Gasteiger partial charge in [-0.15, -0.1) is 0 Å². The van der Waals surface area contributed by atoms with Crippen molar-refractivity contribution in [2.45, 2.75) is 26.3 Å². The zero-order valence-corrected chi connectivity index (χ0v) is 12.7. The normalized spacial score (nSPS) is 11.6. The van der Waals surface area contributed by atoms with Crippen LogP contribution in [0.1, 0.15) is 25.3 Å². The first-order valence-electron chi connectivity index (χ1n) is 6.54. The van der Waals surface area contributed by atoms with E-state index in [0.29, 0.717) is 13.1 Å². The summed E-state index contributed by atoms with van der Waals surface area (Å²) in [5, 5.41) is 2.76. The highest BCUT2D eigenvalue weighted by Crippen LogP contribution is 2.02. The Bertz CT molecular complexity index is 517. The third-order valence-electron chi connectivity index (χ3n) is 2.77. The van der Waals surface area contributed by atoms with E-state index in [9.17, 15) is 13.2 Å². The summed E-state index contributed by atoms with van der Waals surface area (Å²) in [6.45, 7) is 2.99. The molecule has 0 bridgehead atoms. The molecule has 0 aromatic carbocycles. The van der Waals surface area contributed by atoms with E-state index in [0.717, 1.165) is 18.2 Å². The van der Waals surface area contributed by atoms with Crippen LogP contribution in [0.4, 0.5) is 0 Å². The lowest BCUT2D eigenvalue weighted by Crippen LogP contribution is -2.35.